The monoisotopic (exact) mass is 285 g/mol. The molecular weight excluding hydrogens is 274 g/mol. The summed E-state index contributed by atoms with van der Waals surface area (Å²) in [4.78, 5) is 16.1. The lowest BCUT2D eigenvalue weighted by Crippen LogP contribution is -2.23. The summed E-state index contributed by atoms with van der Waals surface area (Å²) in [6.45, 7) is 1.96. The van der Waals surface area contributed by atoms with Gasteiger partial charge in [-0.2, -0.15) is 4.98 Å². The molecule has 100 valence electrons. The Bertz CT molecular complexity index is 871. The van der Waals surface area contributed by atoms with Crippen LogP contribution in [0.15, 0.2) is 47.3 Å². The van der Waals surface area contributed by atoms with Crippen LogP contribution in [0.5, 0.6) is 0 Å². The summed E-state index contributed by atoms with van der Waals surface area (Å²) in [5.41, 5.74) is 7.73. The summed E-state index contributed by atoms with van der Waals surface area (Å²) >= 11 is 6.19. The van der Waals surface area contributed by atoms with Crippen molar-refractivity contribution in [1.29, 1.82) is 0 Å². The highest BCUT2D eigenvalue weighted by molar-refractivity contribution is 6.32. The normalized spacial score (nSPS) is 10.9. The van der Waals surface area contributed by atoms with Crippen LogP contribution in [0.25, 0.3) is 16.6 Å². The molecule has 0 fully saturated rings. The molecule has 0 saturated heterocycles. The second-order valence-electron chi connectivity index (χ2n) is 4.59. The Morgan fingerprint density at radius 3 is 2.70 bits per heavy atom. The van der Waals surface area contributed by atoms with Crippen molar-refractivity contribution in [2.75, 3.05) is 5.73 Å². The van der Waals surface area contributed by atoms with E-state index in [9.17, 15) is 4.79 Å². The predicted octanol–water partition coefficient (Wildman–Crippen LogP) is 2.93. The Labute approximate surface area is 120 Å². The van der Waals surface area contributed by atoms with E-state index < -0.39 is 5.69 Å². The first-order valence-corrected chi connectivity index (χ1v) is 6.49. The zero-order valence-electron chi connectivity index (χ0n) is 10.8. The third kappa shape index (κ3) is 1.94. The molecule has 0 spiro atoms. The molecule has 2 aromatic carbocycles. The standard InChI is InChI=1S/C15H12ClN3O/c1-9-6-7-10-13(8-9)19(15(20)18-14(10)17)12-5-3-2-4-11(12)16/h2-8H,1H3,(H2,17,18,20). The lowest BCUT2D eigenvalue weighted by atomic mass is 10.1. The Morgan fingerprint density at radius 1 is 1.20 bits per heavy atom. The summed E-state index contributed by atoms with van der Waals surface area (Å²) in [5, 5.41) is 1.22. The number of halogens is 1. The van der Waals surface area contributed by atoms with E-state index in [0.29, 0.717) is 16.2 Å². The quantitative estimate of drug-likeness (QED) is 0.748. The van der Waals surface area contributed by atoms with Gasteiger partial charge in [-0.05, 0) is 36.8 Å². The number of hydrogen-bond donors (Lipinski definition) is 1. The minimum absolute atomic E-state index is 0.230. The van der Waals surface area contributed by atoms with Crippen LogP contribution >= 0.6 is 11.6 Å². The van der Waals surface area contributed by atoms with E-state index in [1.54, 1.807) is 12.1 Å². The second-order valence-corrected chi connectivity index (χ2v) is 4.99. The number of nitrogens with two attached hydrogens (primary N) is 1. The van der Waals surface area contributed by atoms with Crippen LogP contribution in [0, 0.1) is 6.92 Å². The van der Waals surface area contributed by atoms with Crippen molar-refractivity contribution in [2.45, 2.75) is 6.92 Å². The largest absolute Gasteiger partial charge is 0.383 e. The molecule has 0 aliphatic rings. The fourth-order valence-corrected chi connectivity index (χ4v) is 2.45. The van der Waals surface area contributed by atoms with Gasteiger partial charge in [0, 0.05) is 5.39 Å². The molecule has 1 aromatic heterocycles. The molecule has 2 N–H and O–H groups in total. The van der Waals surface area contributed by atoms with Gasteiger partial charge in [0.15, 0.2) is 0 Å². The van der Waals surface area contributed by atoms with Crippen molar-refractivity contribution in [3.8, 4) is 5.69 Å². The molecule has 5 heteroatoms. The molecule has 0 amide bonds. The summed E-state index contributed by atoms with van der Waals surface area (Å²) in [5.74, 6) is 0.230. The molecule has 0 bridgehead atoms. The second kappa shape index (κ2) is 4.65. The van der Waals surface area contributed by atoms with Crippen LogP contribution in [-0.2, 0) is 0 Å². The van der Waals surface area contributed by atoms with Gasteiger partial charge in [-0.25, -0.2) is 4.79 Å². The van der Waals surface area contributed by atoms with Crippen molar-refractivity contribution in [1.82, 2.24) is 9.55 Å². The van der Waals surface area contributed by atoms with Gasteiger partial charge in [0.25, 0.3) is 0 Å². The topological polar surface area (TPSA) is 60.9 Å². The summed E-state index contributed by atoms with van der Waals surface area (Å²) in [6, 6.07) is 12.9. The highest BCUT2D eigenvalue weighted by atomic mass is 35.5. The Kier molecular flexibility index (Phi) is 2.95. The summed E-state index contributed by atoms with van der Waals surface area (Å²) in [6.07, 6.45) is 0. The van der Waals surface area contributed by atoms with E-state index in [-0.39, 0.29) is 5.82 Å². The number of hydrogen-bond acceptors (Lipinski definition) is 3. The molecule has 3 aromatic rings. The minimum atomic E-state index is -0.436. The molecule has 1 heterocycles. The lowest BCUT2D eigenvalue weighted by Gasteiger charge is -2.12. The van der Waals surface area contributed by atoms with Gasteiger partial charge >= 0.3 is 5.69 Å². The maximum atomic E-state index is 12.2. The Balaban J connectivity index is 2.50. The molecule has 4 nitrogen and oxygen atoms in total. The SMILES string of the molecule is Cc1ccc2c(N)nc(=O)n(-c3ccccc3Cl)c2c1. The van der Waals surface area contributed by atoms with Crippen LogP contribution in [0.4, 0.5) is 5.82 Å². The number of aryl methyl sites for hydroxylation is 1. The van der Waals surface area contributed by atoms with E-state index in [1.165, 1.54) is 4.57 Å². The molecule has 20 heavy (non-hydrogen) atoms. The van der Waals surface area contributed by atoms with Crippen LogP contribution in [-0.4, -0.2) is 9.55 Å². The highest BCUT2D eigenvalue weighted by Crippen LogP contribution is 2.25. The highest BCUT2D eigenvalue weighted by Gasteiger charge is 2.12. The molecular formula is C15H12ClN3O. The smallest absolute Gasteiger partial charge is 0.354 e. The first kappa shape index (κ1) is 12.7. The van der Waals surface area contributed by atoms with E-state index in [1.807, 2.05) is 37.3 Å². The van der Waals surface area contributed by atoms with E-state index in [2.05, 4.69) is 4.98 Å². The number of nitrogens with zero attached hydrogens (tertiary/aromatic N) is 2. The number of aromatic nitrogens is 2. The van der Waals surface area contributed by atoms with E-state index in [0.717, 1.165) is 10.9 Å². The molecule has 0 aliphatic heterocycles. The van der Waals surface area contributed by atoms with Crippen LogP contribution < -0.4 is 11.4 Å². The van der Waals surface area contributed by atoms with Crippen molar-refractivity contribution < 1.29 is 0 Å². The van der Waals surface area contributed by atoms with E-state index >= 15 is 0 Å². The van der Waals surface area contributed by atoms with E-state index in [4.69, 9.17) is 17.3 Å². The molecule has 0 atom stereocenters. The van der Waals surface area contributed by atoms with Crippen molar-refractivity contribution in [3.05, 3.63) is 63.5 Å². The predicted molar refractivity (Wildman–Crippen MR) is 81.5 cm³/mol. The van der Waals surface area contributed by atoms with Gasteiger partial charge in [0.2, 0.25) is 0 Å². The third-order valence-corrected chi connectivity index (χ3v) is 3.49. The van der Waals surface area contributed by atoms with Crippen LogP contribution in [0.1, 0.15) is 5.56 Å². The maximum absolute atomic E-state index is 12.2. The fraction of sp³-hybridized carbons (Fsp3) is 0.0667. The number of para-hydroxylation sites is 1. The molecule has 0 aliphatic carbocycles. The van der Waals surface area contributed by atoms with Gasteiger partial charge in [0.1, 0.15) is 5.82 Å². The van der Waals surface area contributed by atoms with Crippen molar-refractivity contribution in [2.24, 2.45) is 0 Å². The number of nitrogen functional groups attached to an aromatic ring is 1. The molecule has 0 unspecified atom stereocenters. The van der Waals surface area contributed by atoms with Crippen LogP contribution in [0.2, 0.25) is 5.02 Å². The molecule has 3 rings (SSSR count). The first-order valence-electron chi connectivity index (χ1n) is 6.12. The van der Waals surface area contributed by atoms with Gasteiger partial charge < -0.3 is 5.73 Å². The maximum Gasteiger partial charge on any atom is 0.354 e. The van der Waals surface area contributed by atoms with Crippen molar-refractivity contribution >= 4 is 28.3 Å². The summed E-state index contributed by atoms with van der Waals surface area (Å²) in [7, 11) is 0. The van der Waals surface area contributed by atoms with Gasteiger partial charge in [-0.15, -0.1) is 0 Å². The minimum Gasteiger partial charge on any atom is -0.383 e. The number of anilines is 1. The first-order chi connectivity index (χ1) is 9.58. The lowest BCUT2D eigenvalue weighted by molar-refractivity contribution is 0.964. The van der Waals surface area contributed by atoms with Gasteiger partial charge in [-0.3, -0.25) is 4.57 Å². The summed E-state index contributed by atoms with van der Waals surface area (Å²) < 4.78 is 1.49. The average Bonchev–Trinajstić information content (AvgIpc) is 2.40. The number of fused-ring (bicyclic) bond motifs is 1. The number of rotatable bonds is 1. The molecule has 0 radical (unpaired) electrons. The van der Waals surface area contributed by atoms with Gasteiger partial charge in [-0.1, -0.05) is 29.8 Å². The Morgan fingerprint density at radius 2 is 1.95 bits per heavy atom. The zero-order chi connectivity index (χ0) is 14.3. The van der Waals surface area contributed by atoms with Crippen LogP contribution in [0.3, 0.4) is 0 Å². The van der Waals surface area contributed by atoms with Gasteiger partial charge in [0.05, 0.1) is 16.2 Å². The Hall–Kier alpha value is -2.33. The fourth-order valence-electron chi connectivity index (χ4n) is 2.23. The zero-order valence-corrected chi connectivity index (χ0v) is 11.6. The number of benzene rings is 2. The third-order valence-electron chi connectivity index (χ3n) is 3.17. The molecule has 0 saturated carbocycles. The average molecular weight is 286 g/mol. The van der Waals surface area contributed by atoms with Crippen molar-refractivity contribution in [3.63, 3.8) is 0 Å².